The van der Waals surface area contributed by atoms with Crippen LogP contribution in [0.4, 0.5) is 0 Å². The molecule has 0 radical (unpaired) electrons. The average Bonchev–Trinajstić information content (AvgIpc) is 3.18. The summed E-state index contributed by atoms with van der Waals surface area (Å²) in [6.45, 7) is -1.01. The second kappa shape index (κ2) is 7.12. The number of benzene rings is 1. The smallest absolute Gasteiger partial charge is 0.402 e. The highest BCUT2D eigenvalue weighted by Crippen LogP contribution is 2.22. The van der Waals surface area contributed by atoms with Crippen LogP contribution >= 0.6 is 0 Å². The summed E-state index contributed by atoms with van der Waals surface area (Å²) >= 11 is 0. The minimum atomic E-state index is -2.33. The predicted octanol–water partition coefficient (Wildman–Crippen LogP) is 2.54. The third kappa shape index (κ3) is 3.07. The summed E-state index contributed by atoms with van der Waals surface area (Å²) in [7, 11) is 3.82. The Labute approximate surface area is 191 Å². The zero-order valence-corrected chi connectivity index (χ0v) is 18.0. The number of nitrogens with zero attached hydrogens (tertiary/aromatic N) is 3. The molecule has 0 saturated heterocycles. The van der Waals surface area contributed by atoms with Gasteiger partial charge in [-0.05, 0) is 69.0 Å². The molecule has 0 aliphatic carbocycles. The first-order chi connectivity index (χ1) is 17.3. The molecule has 4 heterocycles. The quantitative estimate of drug-likeness (QED) is 0.374. The van der Waals surface area contributed by atoms with Crippen molar-refractivity contribution in [3.8, 4) is 11.1 Å². The van der Waals surface area contributed by atoms with Crippen LogP contribution in [-0.4, -0.2) is 23.7 Å². The molecule has 0 spiro atoms. The third-order valence-electron chi connectivity index (χ3n) is 6.08. The number of hydrogen-bond acceptors (Lipinski definition) is 3. The molecular formula is C26H27BN3O+. The van der Waals surface area contributed by atoms with Gasteiger partial charge in [0.25, 0.3) is 0 Å². The molecule has 1 aliphatic rings. The average molecular weight is 414 g/mol. The van der Waals surface area contributed by atoms with Gasteiger partial charge in [-0.25, -0.2) is 9.55 Å². The first-order valence-corrected chi connectivity index (χ1v) is 10.2. The van der Waals surface area contributed by atoms with E-state index in [2.05, 4.69) is 9.79 Å². The van der Waals surface area contributed by atoms with Gasteiger partial charge >= 0.3 is 6.85 Å². The summed E-state index contributed by atoms with van der Waals surface area (Å²) in [4.78, 5) is 6.40. The van der Waals surface area contributed by atoms with Crippen molar-refractivity contribution in [2.24, 2.45) is 7.05 Å². The predicted molar refractivity (Wildman–Crippen MR) is 127 cm³/mol. The van der Waals surface area contributed by atoms with Crippen molar-refractivity contribution in [3.63, 3.8) is 0 Å². The van der Waals surface area contributed by atoms with Gasteiger partial charge < -0.3 is 9.23 Å². The Balaban J connectivity index is 1.76. The molecule has 0 atom stereocenters. The van der Waals surface area contributed by atoms with Crippen LogP contribution in [0.5, 0.6) is 0 Å². The highest BCUT2D eigenvalue weighted by Gasteiger charge is 2.36. The van der Waals surface area contributed by atoms with E-state index < -0.39 is 13.7 Å². The minimum absolute atomic E-state index is 0.00492. The molecule has 3 aromatic heterocycles. The topological polar surface area (TPSA) is 33.1 Å². The summed E-state index contributed by atoms with van der Waals surface area (Å²) in [5.41, 5.74) is 5.33. The van der Waals surface area contributed by atoms with E-state index in [4.69, 9.17) is 12.6 Å². The van der Waals surface area contributed by atoms with E-state index in [1.54, 1.807) is 12.3 Å². The standard InChI is InChI=1S/C26H27BN3O/c1-16-12-18(3)28-26-24(16)22-15-30(6)27(19(4)25(22)31-26)23-13-21(17(2)14-29(23)5)20-10-8-7-9-11-20/h7-15H,1-6H3/q+1/i2D3,3D3. The SMILES string of the molecule is [2H]C([2H])([2H])c1cc(C)c2c3c(oc2n1)=C(C)B(c1cc(-c2ccccc2)c(C([2H])([2H])[2H])c[n+]1C)N(C)C=3. The first kappa shape index (κ1) is 13.9. The molecule has 0 fully saturated rings. The van der Waals surface area contributed by atoms with Gasteiger partial charge in [0.15, 0.2) is 11.8 Å². The van der Waals surface area contributed by atoms with Gasteiger partial charge in [0.1, 0.15) is 12.5 Å². The Kier molecular flexibility index (Phi) is 3.18. The highest BCUT2D eigenvalue weighted by atomic mass is 16.3. The lowest BCUT2D eigenvalue weighted by Gasteiger charge is -2.25. The van der Waals surface area contributed by atoms with E-state index in [0.717, 1.165) is 32.8 Å². The molecule has 1 aliphatic heterocycles. The molecule has 5 rings (SSSR count). The Hall–Kier alpha value is -3.34. The van der Waals surface area contributed by atoms with Gasteiger partial charge in [-0.2, -0.15) is 0 Å². The maximum absolute atomic E-state index is 8.13. The van der Waals surface area contributed by atoms with Gasteiger partial charge in [-0.1, -0.05) is 30.3 Å². The van der Waals surface area contributed by atoms with Crippen LogP contribution in [-0.2, 0) is 7.05 Å². The molecule has 5 heteroatoms. The van der Waals surface area contributed by atoms with Crippen molar-refractivity contribution in [1.29, 1.82) is 0 Å². The molecular weight excluding hydrogens is 381 g/mol. The molecule has 1 aromatic carbocycles. The Morgan fingerprint density at radius 2 is 1.90 bits per heavy atom. The molecule has 0 N–H and O–H groups in total. The van der Waals surface area contributed by atoms with E-state index in [-0.39, 0.29) is 18.1 Å². The van der Waals surface area contributed by atoms with Crippen LogP contribution < -0.4 is 20.8 Å². The van der Waals surface area contributed by atoms with Gasteiger partial charge in [-0.3, -0.25) is 0 Å². The Morgan fingerprint density at radius 1 is 1.10 bits per heavy atom. The van der Waals surface area contributed by atoms with Gasteiger partial charge in [0, 0.05) is 30.8 Å². The number of aromatic nitrogens is 2. The largest absolute Gasteiger partial charge is 0.438 e. The van der Waals surface area contributed by atoms with E-state index in [1.807, 2.05) is 75.1 Å². The summed E-state index contributed by atoms with van der Waals surface area (Å²) in [6.07, 6.45) is 3.68. The zero-order chi connectivity index (χ0) is 26.9. The van der Waals surface area contributed by atoms with Gasteiger partial charge in [-0.15, -0.1) is 0 Å². The molecule has 4 nitrogen and oxygen atoms in total. The van der Waals surface area contributed by atoms with Crippen LogP contribution in [0.15, 0.2) is 53.1 Å². The van der Waals surface area contributed by atoms with Crippen molar-refractivity contribution < 1.29 is 17.2 Å². The molecule has 31 heavy (non-hydrogen) atoms. The highest BCUT2D eigenvalue weighted by molar-refractivity contribution is 6.85. The summed E-state index contributed by atoms with van der Waals surface area (Å²) < 4.78 is 55.7. The van der Waals surface area contributed by atoms with Crippen LogP contribution in [0.2, 0.25) is 0 Å². The maximum Gasteiger partial charge on any atom is 0.402 e. The number of aryl methyl sites for hydroxylation is 4. The minimum Gasteiger partial charge on any atom is -0.438 e. The monoisotopic (exact) mass is 414 g/mol. The number of pyridine rings is 2. The van der Waals surface area contributed by atoms with E-state index >= 15 is 0 Å². The molecule has 0 unspecified atom stereocenters. The number of furan rings is 1. The van der Waals surface area contributed by atoms with Crippen molar-refractivity contribution in [2.45, 2.75) is 27.6 Å². The number of fused-ring (bicyclic) bond motifs is 3. The van der Waals surface area contributed by atoms with Crippen LogP contribution in [0.3, 0.4) is 0 Å². The van der Waals surface area contributed by atoms with Crippen molar-refractivity contribution in [1.82, 2.24) is 9.79 Å². The first-order valence-electron chi connectivity index (χ1n) is 13.2. The summed E-state index contributed by atoms with van der Waals surface area (Å²) in [5.74, 6) is 0. The molecule has 0 saturated carbocycles. The maximum atomic E-state index is 8.13. The zero-order valence-electron chi connectivity index (χ0n) is 24.0. The van der Waals surface area contributed by atoms with Crippen molar-refractivity contribution in [2.75, 3.05) is 7.05 Å². The molecule has 4 aromatic rings. The fraction of sp³-hybridized carbons (Fsp3) is 0.231. The molecule has 154 valence electrons. The molecule has 0 amide bonds. The lowest BCUT2D eigenvalue weighted by molar-refractivity contribution is -0.654. The molecule has 0 bridgehead atoms. The fourth-order valence-electron chi connectivity index (χ4n) is 4.66. The normalized spacial score (nSPS) is 17.2. The van der Waals surface area contributed by atoms with Crippen molar-refractivity contribution in [3.05, 3.63) is 76.1 Å². The van der Waals surface area contributed by atoms with Gasteiger partial charge in [0.05, 0.1) is 5.39 Å². The lowest BCUT2D eigenvalue weighted by Crippen LogP contribution is -2.62. The van der Waals surface area contributed by atoms with Crippen LogP contribution in [0.25, 0.3) is 33.9 Å². The van der Waals surface area contributed by atoms with E-state index in [9.17, 15) is 0 Å². The summed E-state index contributed by atoms with van der Waals surface area (Å²) in [5, 5.41) is 1.65. The fourth-order valence-corrected chi connectivity index (χ4v) is 4.66. The van der Waals surface area contributed by atoms with E-state index in [1.165, 1.54) is 0 Å². The van der Waals surface area contributed by atoms with Gasteiger partial charge in [0.2, 0.25) is 5.71 Å². The number of hydrogen-bond donors (Lipinski definition) is 0. The van der Waals surface area contributed by atoms with Crippen LogP contribution in [0.1, 0.15) is 32.0 Å². The second-order valence-corrected chi connectivity index (χ2v) is 8.23. The lowest BCUT2D eigenvalue weighted by atomic mass is 9.50. The van der Waals surface area contributed by atoms with Crippen LogP contribution in [0, 0.1) is 20.6 Å². The Morgan fingerprint density at radius 3 is 2.65 bits per heavy atom. The number of rotatable bonds is 2. The van der Waals surface area contributed by atoms with Crippen molar-refractivity contribution >= 4 is 35.2 Å². The Bertz CT molecular complexity index is 1660. The van der Waals surface area contributed by atoms with E-state index in [0.29, 0.717) is 16.7 Å². The third-order valence-corrected chi connectivity index (χ3v) is 6.08. The summed E-state index contributed by atoms with van der Waals surface area (Å²) in [6, 6.07) is 13.1. The second-order valence-electron chi connectivity index (χ2n) is 8.23.